The third kappa shape index (κ3) is 4.74. The minimum Gasteiger partial charge on any atom is -0.324 e. The topological polar surface area (TPSA) is 32.3 Å². The van der Waals surface area contributed by atoms with Crippen LogP contribution in [0.2, 0.25) is 5.02 Å². The summed E-state index contributed by atoms with van der Waals surface area (Å²) in [6.45, 7) is 2.35. The van der Waals surface area contributed by atoms with Gasteiger partial charge in [0.1, 0.15) is 0 Å². The van der Waals surface area contributed by atoms with E-state index >= 15 is 0 Å². The van der Waals surface area contributed by atoms with E-state index < -0.39 is 0 Å². The molecule has 122 valence electrons. The van der Waals surface area contributed by atoms with Gasteiger partial charge >= 0.3 is 0 Å². The van der Waals surface area contributed by atoms with Crippen LogP contribution in [-0.4, -0.2) is 30.7 Å². The Bertz CT molecular complexity index is 678. The van der Waals surface area contributed by atoms with Crippen LogP contribution in [0.3, 0.4) is 0 Å². The quantitative estimate of drug-likeness (QED) is 0.768. The Hall–Kier alpha value is -1.49. The van der Waals surface area contributed by atoms with Gasteiger partial charge in [-0.15, -0.1) is 11.8 Å². The highest BCUT2D eigenvalue weighted by Crippen LogP contribution is 2.27. The number of benzene rings is 2. The number of carbonyl (C=O) groups is 1. The second-order valence-electron chi connectivity index (χ2n) is 5.36. The van der Waals surface area contributed by atoms with Crippen molar-refractivity contribution >= 4 is 35.0 Å². The molecule has 0 saturated carbocycles. The Labute approximate surface area is 147 Å². The number of hydrogen-bond acceptors (Lipinski definition) is 3. The van der Waals surface area contributed by atoms with Crippen molar-refractivity contribution in [1.29, 1.82) is 0 Å². The fourth-order valence-corrected chi connectivity index (χ4v) is 3.20. The average molecular weight is 349 g/mol. The minimum absolute atomic E-state index is 0.0343. The van der Waals surface area contributed by atoms with Crippen molar-refractivity contribution in [3.05, 3.63) is 59.1 Å². The summed E-state index contributed by atoms with van der Waals surface area (Å²) in [5, 5.41) is 3.70. The predicted molar refractivity (Wildman–Crippen MR) is 99.3 cm³/mol. The number of halogens is 1. The molecule has 0 heterocycles. The van der Waals surface area contributed by atoms with Gasteiger partial charge in [0.05, 0.1) is 12.2 Å². The van der Waals surface area contributed by atoms with Gasteiger partial charge in [-0.3, -0.25) is 9.69 Å². The fourth-order valence-electron chi connectivity index (χ4n) is 2.35. The van der Waals surface area contributed by atoms with Crippen LogP contribution in [0.1, 0.15) is 18.5 Å². The SMILES string of the molecule is CSc1ccccc1NC(=O)CN(C)[C@H](C)c1ccccc1Cl. The molecule has 2 aromatic rings. The molecule has 0 aliphatic heterocycles. The van der Waals surface area contributed by atoms with Crippen LogP contribution in [0, 0.1) is 0 Å². The second-order valence-corrected chi connectivity index (χ2v) is 6.62. The molecule has 0 bridgehead atoms. The van der Waals surface area contributed by atoms with E-state index in [1.807, 2.05) is 73.7 Å². The number of rotatable bonds is 6. The molecule has 0 aromatic heterocycles. The summed E-state index contributed by atoms with van der Waals surface area (Å²) in [5.41, 5.74) is 1.87. The molecular formula is C18H21ClN2OS. The fraction of sp³-hybridized carbons (Fsp3) is 0.278. The van der Waals surface area contributed by atoms with E-state index in [9.17, 15) is 4.79 Å². The number of thioether (sulfide) groups is 1. The molecule has 1 atom stereocenters. The number of amides is 1. The van der Waals surface area contributed by atoms with Gasteiger partial charge in [0.25, 0.3) is 0 Å². The summed E-state index contributed by atoms with van der Waals surface area (Å²) in [5.74, 6) is -0.0343. The molecule has 2 rings (SSSR count). The molecule has 5 heteroatoms. The first-order valence-corrected chi connectivity index (χ1v) is 9.00. The number of nitrogens with zero attached hydrogens (tertiary/aromatic N) is 1. The number of anilines is 1. The third-order valence-corrected chi connectivity index (χ3v) is 4.93. The Kier molecular flexibility index (Phi) is 6.51. The molecule has 1 amide bonds. The Balaban J connectivity index is 2.01. The highest BCUT2D eigenvalue weighted by Gasteiger charge is 2.17. The van der Waals surface area contributed by atoms with Gasteiger partial charge in [-0.05, 0) is 44.0 Å². The number of likely N-dealkylation sites (N-methyl/N-ethyl adjacent to an activating group) is 1. The van der Waals surface area contributed by atoms with Crippen LogP contribution in [0.4, 0.5) is 5.69 Å². The third-order valence-electron chi connectivity index (χ3n) is 3.79. The summed E-state index contributed by atoms with van der Waals surface area (Å²) in [7, 11) is 1.92. The molecule has 0 unspecified atom stereocenters. The molecule has 23 heavy (non-hydrogen) atoms. The van der Waals surface area contributed by atoms with E-state index in [1.165, 1.54) is 0 Å². The first-order valence-electron chi connectivity index (χ1n) is 7.40. The predicted octanol–water partition coefficient (Wildman–Crippen LogP) is 4.69. The molecule has 2 aromatic carbocycles. The first kappa shape index (κ1) is 17.9. The zero-order valence-corrected chi connectivity index (χ0v) is 15.1. The van der Waals surface area contributed by atoms with Crippen LogP contribution in [-0.2, 0) is 4.79 Å². The normalized spacial score (nSPS) is 12.2. The minimum atomic E-state index is -0.0343. The van der Waals surface area contributed by atoms with E-state index in [2.05, 4.69) is 5.32 Å². The van der Waals surface area contributed by atoms with Gasteiger partial charge in [0.2, 0.25) is 5.91 Å². The largest absolute Gasteiger partial charge is 0.324 e. The van der Waals surface area contributed by atoms with Crippen molar-refractivity contribution in [3.63, 3.8) is 0 Å². The Morgan fingerprint density at radius 3 is 2.57 bits per heavy atom. The van der Waals surface area contributed by atoms with Crippen molar-refractivity contribution in [3.8, 4) is 0 Å². The van der Waals surface area contributed by atoms with Gasteiger partial charge in [0.15, 0.2) is 0 Å². The van der Waals surface area contributed by atoms with E-state index in [0.29, 0.717) is 6.54 Å². The first-order chi connectivity index (χ1) is 11.0. The number of para-hydroxylation sites is 1. The Morgan fingerprint density at radius 2 is 1.87 bits per heavy atom. The summed E-state index contributed by atoms with van der Waals surface area (Å²) >= 11 is 7.85. The van der Waals surface area contributed by atoms with E-state index in [0.717, 1.165) is 21.2 Å². The number of hydrogen-bond donors (Lipinski definition) is 1. The van der Waals surface area contributed by atoms with Crippen LogP contribution in [0.15, 0.2) is 53.4 Å². The highest BCUT2D eigenvalue weighted by molar-refractivity contribution is 7.98. The zero-order valence-electron chi connectivity index (χ0n) is 13.5. The summed E-state index contributed by atoms with van der Waals surface area (Å²) in [6.07, 6.45) is 2.00. The van der Waals surface area contributed by atoms with Crippen molar-refractivity contribution in [2.75, 3.05) is 25.2 Å². The lowest BCUT2D eigenvalue weighted by Gasteiger charge is -2.25. The van der Waals surface area contributed by atoms with Crippen LogP contribution >= 0.6 is 23.4 Å². The average Bonchev–Trinajstić information content (AvgIpc) is 2.55. The van der Waals surface area contributed by atoms with Crippen molar-refractivity contribution < 1.29 is 4.79 Å². The molecule has 0 aliphatic carbocycles. The van der Waals surface area contributed by atoms with Gasteiger partial charge in [-0.25, -0.2) is 0 Å². The monoisotopic (exact) mass is 348 g/mol. The van der Waals surface area contributed by atoms with E-state index in [-0.39, 0.29) is 11.9 Å². The zero-order chi connectivity index (χ0) is 16.8. The maximum Gasteiger partial charge on any atom is 0.238 e. The van der Waals surface area contributed by atoms with Crippen LogP contribution in [0.5, 0.6) is 0 Å². The van der Waals surface area contributed by atoms with Crippen LogP contribution in [0.25, 0.3) is 0 Å². The maximum atomic E-state index is 12.3. The lowest BCUT2D eigenvalue weighted by molar-refractivity contribution is -0.117. The highest BCUT2D eigenvalue weighted by atomic mass is 35.5. The molecule has 0 spiro atoms. The number of nitrogens with one attached hydrogen (secondary N) is 1. The molecular weight excluding hydrogens is 328 g/mol. The summed E-state index contributed by atoms with van der Waals surface area (Å²) in [6, 6.07) is 15.6. The summed E-state index contributed by atoms with van der Waals surface area (Å²) in [4.78, 5) is 15.4. The van der Waals surface area contributed by atoms with Gasteiger partial charge in [-0.2, -0.15) is 0 Å². The molecule has 3 nitrogen and oxygen atoms in total. The van der Waals surface area contributed by atoms with Gasteiger partial charge in [-0.1, -0.05) is 41.9 Å². The molecule has 0 radical (unpaired) electrons. The smallest absolute Gasteiger partial charge is 0.238 e. The van der Waals surface area contributed by atoms with Crippen molar-refractivity contribution in [1.82, 2.24) is 4.90 Å². The Morgan fingerprint density at radius 1 is 1.22 bits per heavy atom. The standard InChI is InChI=1S/C18H21ClN2OS/c1-13(14-8-4-5-9-15(14)19)21(2)12-18(22)20-16-10-6-7-11-17(16)23-3/h4-11,13H,12H2,1-3H3,(H,20,22)/t13-/m1/s1. The van der Waals surface area contributed by atoms with E-state index in [4.69, 9.17) is 11.6 Å². The lowest BCUT2D eigenvalue weighted by atomic mass is 10.1. The second kappa shape index (κ2) is 8.39. The van der Waals surface area contributed by atoms with E-state index in [1.54, 1.807) is 11.8 Å². The number of carbonyl (C=O) groups excluding carboxylic acids is 1. The lowest BCUT2D eigenvalue weighted by Crippen LogP contribution is -2.32. The molecule has 0 aliphatic rings. The molecule has 0 fully saturated rings. The van der Waals surface area contributed by atoms with Crippen molar-refractivity contribution in [2.45, 2.75) is 17.9 Å². The van der Waals surface area contributed by atoms with Gasteiger partial charge < -0.3 is 5.32 Å². The maximum absolute atomic E-state index is 12.3. The molecule has 1 N–H and O–H groups in total. The van der Waals surface area contributed by atoms with Crippen molar-refractivity contribution in [2.24, 2.45) is 0 Å². The molecule has 0 saturated heterocycles. The summed E-state index contributed by atoms with van der Waals surface area (Å²) < 4.78 is 0. The van der Waals surface area contributed by atoms with Gasteiger partial charge in [0, 0.05) is 16.0 Å². The van der Waals surface area contributed by atoms with Crippen LogP contribution < -0.4 is 5.32 Å².